The highest BCUT2D eigenvalue weighted by molar-refractivity contribution is 5.66. The van der Waals surface area contributed by atoms with Gasteiger partial charge in [0.25, 0.3) is 0 Å². The summed E-state index contributed by atoms with van der Waals surface area (Å²) in [6.45, 7) is 1.23. The van der Waals surface area contributed by atoms with Gasteiger partial charge in [-0.25, -0.2) is 9.37 Å². The van der Waals surface area contributed by atoms with Crippen molar-refractivity contribution in [2.45, 2.75) is 6.92 Å². The van der Waals surface area contributed by atoms with Crippen molar-refractivity contribution in [3.05, 3.63) is 29.8 Å². The van der Waals surface area contributed by atoms with Crippen LogP contribution >= 0.6 is 0 Å². The van der Waals surface area contributed by atoms with Crippen LogP contribution in [0.15, 0.2) is 18.3 Å². The van der Waals surface area contributed by atoms with Gasteiger partial charge in [0, 0.05) is 13.1 Å². The Labute approximate surface area is 80.9 Å². The van der Waals surface area contributed by atoms with Crippen LogP contribution < -0.4 is 0 Å². The third-order valence-corrected chi connectivity index (χ3v) is 1.31. The zero-order valence-electron chi connectivity index (χ0n) is 7.58. The molecule has 1 aromatic rings. The molecule has 0 aliphatic rings. The van der Waals surface area contributed by atoms with E-state index < -0.39 is 11.8 Å². The van der Waals surface area contributed by atoms with Gasteiger partial charge >= 0.3 is 5.97 Å². The molecule has 0 saturated carbocycles. The number of pyridine rings is 1. The first-order valence-electron chi connectivity index (χ1n) is 3.93. The molecule has 0 radical (unpaired) electrons. The van der Waals surface area contributed by atoms with Gasteiger partial charge in [-0.15, -0.1) is 0 Å². The first kappa shape index (κ1) is 10.2. The van der Waals surface area contributed by atoms with E-state index in [0.717, 1.165) is 0 Å². The normalized spacial score (nSPS) is 8.71. The van der Waals surface area contributed by atoms with Crippen molar-refractivity contribution >= 4 is 5.97 Å². The number of aromatic nitrogens is 1. The lowest BCUT2D eigenvalue weighted by Gasteiger charge is -1.92. The highest BCUT2D eigenvalue weighted by Crippen LogP contribution is 1.99. The van der Waals surface area contributed by atoms with Gasteiger partial charge in [-0.1, -0.05) is 5.92 Å². The number of hydrogen-bond acceptors (Lipinski definition) is 3. The standard InChI is InChI=1S/C10H8FNO2/c1-8(13)14-7-3-5-10-9(11)4-2-6-12-10/h2,4,6H,7H2,1H3. The molecule has 1 heterocycles. The molecule has 72 valence electrons. The second kappa shape index (κ2) is 4.97. The molecule has 0 N–H and O–H groups in total. The van der Waals surface area contributed by atoms with E-state index in [4.69, 9.17) is 0 Å². The van der Waals surface area contributed by atoms with Gasteiger partial charge < -0.3 is 4.74 Å². The fourth-order valence-electron chi connectivity index (χ4n) is 0.735. The summed E-state index contributed by atoms with van der Waals surface area (Å²) < 4.78 is 17.4. The van der Waals surface area contributed by atoms with Crippen LogP contribution in [0.2, 0.25) is 0 Å². The molecule has 0 aliphatic carbocycles. The minimum atomic E-state index is -0.483. The smallest absolute Gasteiger partial charge is 0.303 e. The summed E-state index contributed by atoms with van der Waals surface area (Å²) in [6, 6.07) is 2.75. The highest BCUT2D eigenvalue weighted by atomic mass is 19.1. The number of nitrogens with zero attached hydrogens (tertiary/aromatic N) is 1. The lowest BCUT2D eigenvalue weighted by atomic mass is 10.3. The highest BCUT2D eigenvalue weighted by Gasteiger charge is 1.96. The molecule has 0 fully saturated rings. The van der Waals surface area contributed by atoms with Gasteiger partial charge in [0.15, 0.2) is 12.4 Å². The minimum Gasteiger partial charge on any atom is -0.453 e. The molecule has 1 aromatic heterocycles. The Balaban J connectivity index is 2.59. The van der Waals surface area contributed by atoms with E-state index in [9.17, 15) is 9.18 Å². The first-order chi connectivity index (χ1) is 6.70. The van der Waals surface area contributed by atoms with Crippen molar-refractivity contribution < 1.29 is 13.9 Å². The molecule has 0 amide bonds. The monoisotopic (exact) mass is 193 g/mol. The number of esters is 1. The Kier molecular flexibility index (Phi) is 3.62. The van der Waals surface area contributed by atoms with E-state index in [-0.39, 0.29) is 12.3 Å². The van der Waals surface area contributed by atoms with Crippen molar-refractivity contribution in [1.29, 1.82) is 0 Å². The summed E-state index contributed by atoms with van der Waals surface area (Å²) >= 11 is 0. The van der Waals surface area contributed by atoms with E-state index in [1.807, 2.05) is 0 Å². The van der Waals surface area contributed by atoms with Crippen LogP contribution in [0.3, 0.4) is 0 Å². The van der Waals surface area contributed by atoms with Gasteiger partial charge in [-0.3, -0.25) is 4.79 Å². The summed E-state index contributed by atoms with van der Waals surface area (Å²) in [6.07, 6.45) is 1.44. The Bertz CT molecular complexity index is 393. The van der Waals surface area contributed by atoms with Crippen molar-refractivity contribution in [3.8, 4) is 11.8 Å². The number of carbonyl (C=O) groups excluding carboxylic acids is 1. The zero-order valence-corrected chi connectivity index (χ0v) is 7.58. The van der Waals surface area contributed by atoms with Gasteiger partial charge in [-0.2, -0.15) is 0 Å². The van der Waals surface area contributed by atoms with Crippen LogP contribution in [-0.4, -0.2) is 17.6 Å². The molecule has 0 spiro atoms. The molecule has 4 heteroatoms. The summed E-state index contributed by atoms with van der Waals surface area (Å²) in [4.78, 5) is 14.0. The van der Waals surface area contributed by atoms with E-state index >= 15 is 0 Å². The van der Waals surface area contributed by atoms with Crippen molar-refractivity contribution in [3.63, 3.8) is 0 Å². The average molecular weight is 193 g/mol. The molecule has 0 aromatic carbocycles. The van der Waals surface area contributed by atoms with E-state index in [2.05, 4.69) is 21.6 Å². The van der Waals surface area contributed by atoms with Crippen LogP contribution in [0.25, 0.3) is 0 Å². The maximum atomic E-state index is 12.9. The Morgan fingerprint density at radius 1 is 1.71 bits per heavy atom. The molecule has 3 nitrogen and oxygen atoms in total. The van der Waals surface area contributed by atoms with Crippen molar-refractivity contribution in [2.24, 2.45) is 0 Å². The molecular weight excluding hydrogens is 185 g/mol. The van der Waals surface area contributed by atoms with Crippen LogP contribution in [0.4, 0.5) is 4.39 Å². The molecule has 0 saturated heterocycles. The minimum absolute atomic E-state index is 0.0503. The van der Waals surface area contributed by atoms with Crippen LogP contribution in [-0.2, 0) is 9.53 Å². The Morgan fingerprint density at radius 2 is 2.50 bits per heavy atom. The van der Waals surface area contributed by atoms with Gasteiger partial charge in [0.05, 0.1) is 0 Å². The second-order valence-electron chi connectivity index (χ2n) is 2.42. The number of halogens is 1. The maximum Gasteiger partial charge on any atom is 0.303 e. The summed E-state index contributed by atoms with van der Waals surface area (Å²) in [5.74, 6) is 4.03. The van der Waals surface area contributed by atoms with Crippen molar-refractivity contribution in [2.75, 3.05) is 6.61 Å². The van der Waals surface area contributed by atoms with Crippen molar-refractivity contribution in [1.82, 2.24) is 4.98 Å². The van der Waals surface area contributed by atoms with Gasteiger partial charge in [0.1, 0.15) is 5.69 Å². The molecule has 0 atom stereocenters. The quantitative estimate of drug-likeness (QED) is 0.496. The fourth-order valence-corrected chi connectivity index (χ4v) is 0.735. The second-order valence-corrected chi connectivity index (χ2v) is 2.42. The molecule has 0 aliphatic heterocycles. The third kappa shape index (κ3) is 3.23. The molecule has 1 rings (SSSR count). The van der Waals surface area contributed by atoms with Crippen LogP contribution in [0.5, 0.6) is 0 Å². The van der Waals surface area contributed by atoms with E-state index in [1.165, 1.54) is 25.3 Å². The predicted octanol–water partition coefficient (Wildman–Crippen LogP) is 1.14. The third-order valence-electron chi connectivity index (χ3n) is 1.31. The molecule has 0 unspecified atom stereocenters. The average Bonchev–Trinajstić information content (AvgIpc) is 2.15. The molecule has 14 heavy (non-hydrogen) atoms. The number of rotatable bonds is 1. The predicted molar refractivity (Wildman–Crippen MR) is 47.7 cm³/mol. The topological polar surface area (TPSA) is 39.2 Å². The zero-order chi connectivity index (χ0) is 10.4. The van der Waals surface area contributed by atoms with Crippen LogP contribution in [0.1, 0.15) is 12.6 Å². The lowest BCUT2D eigenvalue weighted by Crippen LogP contribution is -1.98. The van der Waals surface area contributed by atoms with Gasteiger partial charge in [0.2, 0.25) is 0 Å². The first-order valence-corrected chi connectivity index (χ1v) is 3.93. The fraction of sp³-hybridized carbons (Fsp3) is 0.200. The largest absolute Gasteiger partial charge is 0.453 e. The maximum absolute atomic E-state index is 12.9. The summed E-state index contributed by atoms with van der Waals surface area (Å²) in [5.41, 5.74) is 0.0552. The van der Waals surface area contributed by atoms with Gasteiger partial charge in [-0.05, 0) is 18.1 Å². The Hall–Kier alpha value is -1.89. The van der Waals surface area contributed by atoms with E-state index in [1.54, 1.807) is 0 Å². The molecular formula is C10H8FNO2. The lowest BCUT2D eigenvalue weighted by molar-refractivity contribution is -0.139. The Morgan fingerprint density at radius 3 is 3.14 bits per heavy atom. The van der Waals surface area contributed by atoms with Crippen LogP contribution in [0, 0.1) is 17.7 Å². The number of hydrogen-bond donors (Lipinski definition) is 0. The SMILES string of the molecule is CC(=O)OCC#Cc1ncccc1F. The number of ether oxygens (including phenoxy) is 1. The summed E-state index contributed by atoms with van der Waals surface area (Å²) in [7, 11) is 0. The van der Waals surface area contributed by atoms with E-state index in [0.29, 0.717) is 0 Å². The number of carbonyl (C=O) groups is 1. The molecule has 0 bridgehead atoms. The summed E-state index contributed by atoms with van der Waals surface area (Å²) in [5, 5.41) is 0.